The van der Waals surface area contributed by atoms with Crippen LogP contribution in [0, 0.1) is 11.3 Å². The number of para-hydroxylation sites is 2. The highest BCUT2D eigenvalue weighted by atomic mass is 32.1. The quantitative estimate of drug-likeness (QED) is 0.531. The highest BCUT2D eigenvalue weighted by Crippen LogP contribution is 2.22. The first-order valence-corrected chi connectivity index (χ1v) is 9.55. The largest absolute Gasteiger partial charge is 0.334 e. The molecule has 2 aromatic heterocycles. The number of rotatable bonds is 4. The molecule has 0 unspecified atom stereocenters. The van der Waals surface area contributed by atoms with Gasteiger partial charge in [0.2, 0.25) is 0 Å². The molecule has 0 aliphatic carbocycles. The van der Waals surface area contributed by atoms with E-state index in [1.807, 2.05) is 12.1 Å². The van der Waals surface area contributed by atoms with Gasteiger partial charge in [-0.3, -0.25) is 14.5 Å². The van der Waals surface area contributed by atoms with Gasteiger partial charge in [-0.2, -0.15) is 5.26 Å². The highest BCUT2D eigenvalue weighted by molar-refractivity contribution is 7.12. The molecular weight excluding hydrogens is 388 g/mol. The number of aromatic amines is 1. The van der Waals surface area contributed by atoms with E-state index >= 15 is 0 Å². The van der Waals surface area contributed by atoms with Gasteiger partial charge in [0.1, 0.15) is 11.5 Å². The highest BCUT2D eigenvalue weighted by Gasteiger charge is 2.20. The van der Waals surface area contributed by atoms with E-state index in [9.17, 15) is 14.4 Å². The van der Waals surface area contributed by atoms with E-state index in [-0.39, 0.29) is 12.5 Å². The van der Waals surface area contributed by atoms with E-state index < -0.39 is 11.2 Å². The van der Waals surface area contributed by atoms with Gasteiger partial charge in [0.25, 0.3) is 11.5 Å². The molecule has 7 nitrogen and oxygen atoms in total. The SMILES string of the molecule is N#CCN(C(=O)c1csc(-n2c(=O)[nH]c3ccccc3c2=O)c1)c1ccccc1. The third kappa shape index (κ3) is 3.35. The summed E-state index contributed by atoms with van der Waals surface area (Å²) in [4.78, 5) is 42.3. The van der Waals surface area contributed by atoms with Crippen LogP contribution in [0.5, 0.6) is 0 Å². The van der Waals surface area contributed by atoms with E-state index in [1.54, 1.807) is 53.9 Å². The van der Waals surface area contributed by atoms with Gasteiger partial charge in [0, 0.05) is 11.1 Å². The van der Waals surface area contributed by atoms with Gasteiger partial charge in [0.15, 0.2) is 0 Å². The fraction of sp³-hybridized carbons (Fsp3) is 0.0476. The molecule has 0 aliphatic heterocycles. The second kappa shape index (κ2) is 7.58. The van der Waals surface area contributed by atoms with Crippen LogP contribution in [0.25, 0.3) is 15.9 Å². The topological polar surface area (TPSA) is 99.0 Å². The first kappa shape index (κ1) is 18.4. The van der Waals surface area contributed by atoms with Crippen LogP contribution in [0.15, 0.2) is 75.6 Å². The maximum atomic E-state index is 13.0. The van der Waals surface area contributed by atoms with Crippen LogP contribution < -0.4 is 16.1 Å². The van der Waals surface area contributed by atoms with Crippen molar-refractivity contribution in [2.45, 2.75) is 0 Å². The Morgan fingerprint density at radius 2 is 1.83 bits per heavy atom. The van der Waals surface area contributed by atoms with Gasteiger partial charge in [-0.1, -0.05) is 30.3 Å². The summed E-state index contributed by atoms with van der Waals surface area (Å²) >= 11 is 1.11. The Kier molecular flexibility index (Phi) is 4.81. The van der Waals surface area contributed by atoms with Gasteiger partial charge in [-0.25, -0.2) is 9.36 Å². The van der Waals surface area contributed by atoms with Crippen LogP contribution >= 0.6 is 11.3 Å². The number of amides is 1. The normalized spacial score (nSPS) is 10.6. The molecule has 0 atom stereocenters. The third-order valence-electron chi connectivity index (χ3n) is 4.40. The lowest BCUT2D eigenvalue weighted by Crippen LogP contribution is -2.33. The van der Waals surface area contributed by atoms with Gasteiger partial charge in [-0.05, 0) is 30.3 Å². The lowest BCUT2D eigenvalue weighted by molar-refractivity contribution is 0.0990. The van der Waals surface area contributed by atoms with Crippen LogP contribution in [0.3, 0.4) is 0 Å². The number of benzene rings is 2. The lowest BCUT2D eigenvalue weighted by Gasteiger charge is -2.18. The van der Waals surface area contributed by atoms with Crippen LogP contribution in [0.1, 0.15) is 10.4 Å². The van der Waals surface area contributed by atoms with Crippen molar-refractivity contribution >= 4 is 33.8 Å². The molecule has 2 heterocycles. The van der Waals surface area contributed by atoms with E-state index in [2.05, 4.69) is 4.98 Å². The first-order valence-electron chi connectivity index (χ1n) is 8.67. The summed E-state index contributed by atoms with van der Waals surface area (Å²) in [5.41, 5.74) is 0.306. The predicted molar refractivity (Wildman–Crippen MR) is 112 cm³/mol. The molecule has 0 saturated carbocycles. The number of nitrogens with zero attached hydrogens (tertiary/aromatic N) is 3. The number of thiophene rings is 1. The molecule has 0 bridgehead atoms. The Morgan fingerprint density at radius 1 is 1.10 bits per heavy atom. The molecular formula is C21H14N4O3S. The molecule has 0 radical (unpaired) electrons. The van der Waals surface area contributed by atoms with Crippen molar-refractivity contribution in [1.29, 1.82) is 5.26 Å². The van der Waals surface area contributed by atoms with Gasteiger partial charge in [-0.15, -0.1) is 11.3 Å². The Morgan fingerprint density at radius 3 is 2.59 bits per heavy atom. The molecule has 0 aliphatic rings. The Hall–Kier alpha value is -3.96. The summed E-state index contributed by atoms with van der Waals surface area (Å²) in [7, 11) is 0. The van der Waals surface area contributed by atoms with Gasteiger partial charge < -0.3 is 4.98 Å². The van der Waals surface area contributed by atoms with Crippen LogP contribution in [-0.2, 0) is 0 Å². The lowest BCUT2D eigenvalue weighted by atomic mass is 10.2. The van der Waals surface area contributed by atoms with E-state index in [4.69, 9.17) is 5.26 Å². The van der Waals surface area contributed by atoms with E-state index in [0.29, 0.717) is 27.2 Å². The van der Waals surface area contributed by atoms with Crippen LogP contribution in [0.2, 0.25) is 0 Å². The molecule has 4 rings (SSSR count). The van der Waals surface area contributed by atoms with E-state index in [1.165, 1.54) is 11.0 Å². The van der Waals surface area contributed by atoms with Crippen molar-refractivity contribution in [1.82, 2.24) is 9.55 Å². The van der Waals surface area contributed by atoms with Crippen molar-refractivity contribution in [2.24, 2.45) is 0 Å². The maximum absolute atomic E-state index is 13.0. The van der Waals surface area contributed by atoms with Gasteiger partial charge >= 0.3 is 5.69 Å². The number of carbonyl (C=O) groups excluding carboxylic acids is 1. The summed E-state index contributed by atoms with van der Waals surface area (Å²) < 4.78 is 1.01. The molecule has 8 heteroatoms. The Labute approximate surface area is 168 Å². The summed E-state index contributed by atoms with van der Waals surface area (Å²) in [6.07, 6.45) is 0. The van der Waals surface area contributed by atoms with Crippen LogP contribution in [0.4, 0.5) is 5.69 Å². The molecule has 0 fully saturated rings. The monoisotopic (exact) mass is 402 g/mol. The fourth-order valence-electron chi connectivity index (χ4n) is 3.03. The summed E-state index contributed by atoms with van der Waals surface area (Å²) in [6, 6.07) is 19.1. The molecule has 2 aromatic carbocycles. The first-order chi connectivity index (χ1) is 14.1. The maximum Gasteiger partial charge on any atom is 0.334 e. The summed E-state index contributed by atoms with van der Waals surface area (Å²) in [5, 5.41) is 11.4. The smallest absolute Gasteiger partial charge is 0.306 e. The van der Waals surface area contributed by atoms with Gasteiger partial charge in [0.05, 0.1) is 22.5 Å². The molecule has 4 aromatic rings. The zero-order valence-electron chi connectivity index (χ0n) is 15.0. The standard InChI is InChI=1S/C21H14N4O3S/c22-10-11-24(15-6-2-1-3-7-15)19(26)14-12-18(29-13-14)25-20(27)16-8-4-5-9-17(16)23-21(25)28/h1-9,12-13H,11H2,(H,23,28). The number of nitriles is 1. The zero-order chi connectivity index (χ0) is 20.4. The Balaban J connectivity index is 1.77. The minimum absolute atomic E-state index is 0.121. The number of hydrogen-bond donors (Lipinski definition) is 1. The number of anilines is 1. The molecule has 0 spiro atoms. The number of carbonyl (C=O) groups is 1. The molecule has 1 amide bonds. The van der Waals surface area contributed by atoms with Crippen molar-refractivity contribution in [2.75, 3.05) is 11.4 Å². The second-order valence-electron chi connectivity index (χ2n) is 6.17. The molecule has 142 valence electrons. The average Bonchev–Trinajstić information content (AvgIpc) is 3.22. The van der Waals surface area contributed by atoms with Crippen molar-refractivity contribution in [3.05, 3.63) is 92.4 Å². The third-order valence-corrected chi connectivity index (χ3v) is 5.31. The Bertz CT molecular complexity index is 1360. The number of H-pyrrole nitrogens is 1. The van der Waals surface area contributed by atoms with Crippen molar-refractivity contribution in [3.63, 3.8) is 0 Å². The summed E-state index contributed by atoms with van der Waals surface area (Å²) in [5.74, 6) is -0.384. The van der Waals surface area contributed by atoms with Crippen molar-refractivity contribution in [3.8, 4) is 11.1 Å². The molecule has 0 saturated heterocycles. The fourth-order valence-corrected chi connectivity index (χ4v) is 3.91. The molecule has 29 heavy (non-hydrogen) atoms. The minimum Gasteiger partial charge on any atom is -0.306 e. The number of nitrogens with one attached hydrogen (secondary N) is 1. The average molecular weight is 402 g/mol. The number of hydrogen-bond acceptors (Lipinski definition) is 5. The minimum atomic E-state index is -0.577. The predicted octanol–water partition coefficient (Wildman–Crippen LogP) is 2.91. The number of aromatic nitrogens is 2. The summed E-state index contributed by atoms with van der Waals surface area (Å²) in [6.45, 7) is -0.121. The zero-order valence-corrected chi connectivity index (χ0v) is 15.8. The number of fused-ring (bicyclic) bond motifs is 1. The second-order valence-corrected chi connectivity index (χ2v) is 7.06. The van der Waals surface area contributed by atoms with E-state index in [0.717, 1.165) is 15.9 Å². The van der Waals surface area contributed by atoms with Crippen LogP contribution in [-0.4, -0.2) is 22.0 Å². The van der Waals surface area contributed by atoms with Crippen molar-refractivity contribution < 1.29 is 4.79 Å². The molecule has 1 N–H and O–H groups in total.